The summed E-state index contributed by atoms with van der Waals surface area (Å²) in [5.41, 5.74) is 2.02. The molecule has 2 saturated heterocycles. The molecular weight excluding hydrogens is 437 g/mol. The molecule has 1 aromatic carbocycles. The molecule has 5 rings (SSSR count). The highest BCUT2D eigenvalue weighted by Gasteiger charge is 2.37. The molecule has 3 aliphatic rings. The minimum Gasteiger partial charge on any atom is -0.475 e. The SMILES string of the molecule is CC(=O)NC1CCC(COc2nc(Nc3ccc(N4C5CC[C@@H]4COC5)cc3)ncc2F)CC1. The van der Waals surface area contributed by atoms with Crippen LogP contribution in [0.4, 0.5) is 21.7 Å². The van der Waals surface area contributed by atoms with Gasteiger partial charge in [0.05, 0.1) is 38.1 Å². The normalized spacial score (nSPS) is 26.2. The van der Waals surface area contributed by atoms with Crippen molar-refractivity contribution < 1.29 is 18.7 Å². The number of benzene rings is 1. The second-order valence-corrected chi connectivity index (χ2v) is 9.58. The predicted molar refractivity (Wildman–Crippen MR) is 127 cm³/mol. The van der Waals surface area contributed by atoms with Gasteiger partial charge in [-0.15, -0.1) is 0 Å². The number of hydrogen-bond donors (Lipinski definition) is 2. The van der Waals surface area contributed by atoms with E-state index in [0.29, 0.717) is 30.6 Å². The van der Waals surface area contributed by atoms with Crippen LogP contribution in [0.5, 0.6) is 5.88 Å². The summed E-state index contributed by atoms with van der Waals surface area (Å²) in [7, 11) is 0. The van der Waals surface area contributed by atoms with Crippen molar-refractivity contribution >= 4 is 23.2 Å². The Morgan fingerprint density at radius 2 is 1.82 bits per heavy atom. The fraction of sp³-hybridized carbons (Fsp3) is 0.560. The number of nitrogens with one attached hydrogen (secondary N) is 2. The highest BCUT2D eigenvalue weighted by Crippen LogP contribution is 2.34. The maximum absolute atomic E-state index is 14.3. The van der Waals surface area contributed by atoms with Gasteiger partial charge in [0.1, 0.15) is 0 Å². The van der Waals surface area contributed by atoms with Crippen molar-refractivity contribution in [2.45, 2.75) is 63.6 Å². The van der Waals surface area contributed by atoms with Crippen molar-refractivity contribution in [3.8, 4) is 5.88 Å². The van der Waals surface area contributed by atoms with Gasteiger partial charge in [-0.1, -0.05) is 0 Å². The van der Waals surface area contributed by atoms with Crippen LogP contribution < -0.4 is 20.3 Å². The van der Waals surface area contributed by atoms with Gasteiger partial charge in [0.25, 0.3) is 5.88 Å². The molecule has 182 valence electrons. The van der Waals surface area contributed by atoms with Crippen molar-refractivity contribution in [3.63, 3.8) is 0 Å². The van der Waals surface area contributed by atoms with Gasteiger partial charge in [0.2, 0.25) is 17.7 Å². The van der Waals surface area contributed by atoms with Crippen molar-refractivity contribution in [3.05, 3.63) is 36.3 Å². The van der Waals surface area contributed by atoms with Crippen molar-refractivity contribution in [2.75, 3.05) is 30.0 Å². The third kappa shape index (κ3) is 5.24. The maximum Gasteiger partial charge on any atom is 0.255 e. The highest BCUT2D eigenvalue weighted by atomic mass is 19.1. The number of ether oxygens (including phenoxy) is 2. The van der Waals surface area contributed by atoms with Gasteiger partial charge >= 0.3 is 0 Å². The zero-order valence-corrected chi connectivity index (χ0v) is 19.5. The van der Waals surface area contributed by atoms with E-state index in [1.54, 1.807) is 6.92 Å². The smallest absolute Gasteiger partial charge is 0.255 e. The average molecular weight is 470 g/mol. The topological polar surface area (TPSA) is 88.6 Å². The van der Waals surface area contributed by atoms with Crippen LogP contribution in [-0.4, -0.2) is 53.8 Å². The lowest BCUT2D eigenvalue weighted by atomic mass is 9.86. The van der Waals surface area contributed by atoms with Crippen LogP contribution in [-0.2, 0) is 9.53 Å². The van der Waals surface area contributed by atoms with Crippen molar-refractivity contribution in [1.29, 1.82) is 0 Å². The monoisotopic (exact) mass is 469 g/mol. The molecule has 2 N–H and O–H groups in total. The first-order valence-corrected chi connectivity index (χ1v) is 12.2. The molecule has 1 aromatic heterocycles. The van der Waals surface area contributed by atoms with E-state index < -0.39 is 5.82 Å². The fourth-order valence-corrected chi connectivity index (χ4v) is 5.37. The minimum atomic E-state index is -0.573. The molecule has 3 fully saturated rings. The summed E-state index contributed by atoms with van der Waals surface area (Å²) in [5, 5.41) is 6.12. The molecular formula is C25H32FN5O3. The molecule has 3 heterocycles. The molecule has 34 heavy (non-hydrogen) atoms. The first-order valence-electron chi connectivity index (χ1n) is 12.2. The van der Waals surface area contributed by atoms with Crippen LogP contribution in [0.2, 0.25) is 0 Å². The van der Waals surface area contributed by atoms with Crippen LogP contribution in [0.15, 0.2) is 30.5 Å². The van der Waals surface area contributed by atoms with Gasteiger partial charge in [-0.2, -0.15) is 9.37 Å². The van der Waals surface area contributed by atoms with E-state index in [2.05, 4.69) is 37.6 Å². The summed E-state index contributed by atoms with van der Waals surface area (Å²) in [6.45, 7) is 3.52. The number of anilines is 3. The number of fused-ring (bicyclic) bond motifs is 2. The predicted octanol–water partition coefficient (Wildman–Crippen LogP) is 3.80. The van der Waals surface area contributed by atoms with Crippen LogP contribution in [0.3, 0.4) is 0 Å². The zero-order chi connectivity index (χ0) is 23.5. The average Bonchev–Trinajstić information content (AvgIpc) is 3.08. The van der Waals surface area contributed by atoms with Gasteiger partial charge in [-0.3, -0.25) is 4.79 Å². The maximum atomic E-state index is 14.3. The number of carbonyl (C=O) groups excluding carboxylic acids is 1. The van der Waals surface area contributed by atoms with Gasteiger partial charge < -0.3 is 25.0 Å². The fourth-order valence-electron chi connectivity index (χ4n) is 5.37. The third-order valence-corrected chi connectivity index (χ3v) is 7.08. The van der Waals surface area contributed by atoms with Crippen LogP contribution in [0.1, 0.15) is 45.4 Å². The summed E-state index contributed by atoms with van der Waals surface area (Å²) in [4.78, 5) is 22.0. The number of morpholine rings is 1. The summed E-state index contributed by atoms with van der Waals surface area (Å²) >= 11 is 0. The molecule has 2 bridgehead atoms. The number of hydrogen-bond acceptors (Lipinski definition) is 7. The lowest BCUT2D eigenvalue weighted by Crippen LogP contribution is -2.45. The Balaban J connectivity index is 1.16. The van der Waals surface area contributed by atoms with E-state index in [-0.39, 0.29) is 17.8 Å². The molecule has 1 aliphatic carbocycles. The van der Waals surface area contributed by atoms with Gasteiger partial charge in [0.15, 0.2) is 0 Å². The van der Waals surface area contributed by atoms with Crippen LogP contribution in [0.25, 0.3) is 0 Å². The Bertz CT molecular complexity index is 981. The Morgan fingerprint density at radius 1 is 1.12 bits per heavy atom. The zero-order valence-electron chi connectivity index (χ0n) is 19.5. The second kappa shape index (κ2) is 10.1. The summed E-state index contributed by atoms with van der Waals surface area (Å²) in [6.07, 6.45) is 7.17. The minimum absolute atomic E-state index is 0.00521. The molecule has 1 saturated carbocycles. The third-order valence-electron chi connectivity index (χ3n) is 7.08. The van der Waals surface area contributed by atoms with Crippen molar-refractivity contribution in [1.82, 2.24) is 15.3 Å². The Morgan fingerprint density at radius 3 is 2.50 bits per heavy atom. The lowest BCUT2D eigenvalue weighted by Gasteiger charge is -2.36. The molecule has 2 atom stereocenters. The standard InChI is InChI=1S/C25H32FN5O3/c1-16(32)28-18-4-2-17(3-5-18)13-34-24-23(26)12-27-25(30-24)29-19-6-8-20(9-7-19)31-21-10-11-22(31)15-33-14-21/h6-9,12,17-18,21-22H,2-5,10-11,13-15H2,1H3,(H,28,32)(H,27,29,30)/t17?,18?,21-,22?/m1/s1. The van der Waals surface area contributed by atoms with Crippen molar-refractivity contribution in [2.24, 2.45) is 5.92 Å². The van der Waals surface area contributed by atoms with E-state index >= 15 is 0 Å². The molecule has 0 radical (unpaired) electrons. The largest absolute Gasteiger partial charge is 0.475 e. The lowest BCUT2D eigenvalue weighted by molar-refractivity contribution is -0.119. The summed E-state index contributed by atoms with van der Waals surface area (Å²) in [6, 6.07) is 9.31. The molecule has 1 unspecified atom stereocenters. The number of rotatable bonds is 7. The molecule has 9 heteroatoms. The van der Waals surface area contributed by atoms with E-state index in [1.165, 1.54) is 18.5 Å². The molecule has 2 aromatic rings. The number of halogens is 1. The number of amides is 1. The molecule has 0 spiro atoms. The Labute approximate surface area is 199 Å². The van der Waals surface area contributed by atoms with Gasteiger partial charge in [-0.05, 0) is 68.7 Å². The summed E-state index contributed by atoms with van der Waals surface area (Å²) in [5.74, 6) is 0.00742. The van der Waals surface area contributed by atoms with E-state index in [0.717, 1.165) is 50.8 Å². The second-order valence-electron chi connectivity index (χ2n) is 9.58. The number of carbonyl (C=O) groups is 1. The quantitative estimate of drug-likeness (QED) is 0.638. The molecule has 8 nitrogen and oxygen atoms in total. The first-order chi connectivity index (χ1) is 16.5. The van der Waals surface area contributed by atoms with E-state index in [1.807, 2.05) is 12.1 Å². The first kappa shape index (κ1) is 22.8. The van der Waals surface area contributed by atoms with Gasteiger partial charge in [0, 0.05) is 24.3 Å². The molecule has 2 aliphatic heterocycles. The van der Waals surface area contributed by atoms with E-state index in [9.17, 15) is 9.18 Å². The number of nitrogens with zero attached hydrogens (tertiary/aromatic N) is 3. The highest BCUT2D eigenvalue weighted by molar-refractivity contribution is 5.73. The van der Waals surface area contributed by atoms with Gasteiger partial charge in [-0.25, -0.2) is 4.98 Å². The van der Waals surface area contributed by atoms with E-state index in [4.69, 9.17) is 9.47 Å². The Kier molecular flexibility index (Phi) is 6.80. The molecule has 1 amide bonds. The van der Waals surface area contributed by atoms with Crippen LogP contribution in [0, 0.1) is 11.7 Å². The van der Waals surface area contributed by atoms with Crippen LogP contribution >= 0.6 is 0 Å². The Hall–Kier alpha value is -2.94. The number of aromatic nitrogens is 2. The summed E-state index contributed by atoms with van der Waals surface area (Å²) < 4.78 is 25.7.